The molecule has 24 heavy (non-hydrogen) atoms. The Morgan fingerprint density at radius 1 is 1.12 bits per heavy atom. The van der Waals surface area contributed by atoms with Crippen LogP contribution in [-0.4, -0.2) is 19.5 Å². The van der Waals surface area contributed by atoms with Gasteiger partial charge < -0.3 is 0 Å². The van der Waals surface area contributed by atoms with Crippen molar-refractivity contribution in [1.29, 1.82) is 0 Å². The van der Waals surface area contributed by atoms with E-state index in [4.69, 9.17) is 11.6 Å². The maximum absolute atomic E-state index is 11.2. The zero-order chi connectivity index (χ0) is 16.7. The molecule has 0 aliphatic rings. The van der Waals surface area contributed by atoms with E-state index in [2.05, 4.69) is 10.1 Å². The van der Waals surface area contributed by atoms with E-state index in [1.54, 1.807) is 34.8 Å². The Morgan fingerprint density at radius 3 is 2.62 bits per heavy atom. The second-order valence-corrected chi connectivity index (χ2v) is 6.30. The van der Waals surface area contributed by atoms with Gasteiger partial charge in [-0.1, -0.05) is 35.9 Å². The van der Waals surface area contributed by atoms with Crippen LogP contribution in [0.25, 0.3) is 27.6 Å². The number of nitro groups is 1. The molecule has 0 aliphatic carbocycles. The molecular formula is C16H9ClN4O2S. The summed E-state index contributed by atoms with van der Waals surface area (Å²) in [4.78, 5) is 15.9. The average molecular weight is 357 g/mol. The van der Waals surface area contributed by atoms with Crippen LogP contribution in [-0.2, 0) is 0 Å². The van der Waals surface area contributed by atoms with E-state index in [1.165, 1.54) is 17.4 Å². The molecule has 2 aromatic heterocycles. The molecule has 0 amide bonds. The Labute approximate surface area is 145 Å². The van der Waals surface area contributed by atoms with Crippen molar-refractivity contribution in [3.05, 3.63) is 69.0 Å². The van der Waals surface area contributed by atoms with Gasteiger partial charge in [-0.15, -0.1) is 16.4 Å². The van der Waals surface area contributed by atoms with Crippen molar-refractivity contribution in [3.8, 4) is 22.6 Å². The molecule has 4 aromatic rings. The number of hydrogen-bond donors (Lipinski definition) is 0. The molecule has 0 atom stereocenters. The highest BCUT2D eigenvalue weighted by atomic mass is 35.5. The minimum absolute atomic E-state index is 0.0104. The third-order valence-electron chi connectivity index (χ3n) is 3.56. The first kappa shape index (κ1) is 14.8. The summed E-state index contributed by atoms with van der Waals surface area (Å²) >= 11 is 7.36. The number of thiazole rings is 1. The smallest absolute Gasteiger partial charge is 0.258 e. The van der Waals surface area contributed by atoms with Crippen molar-refractivity contribution in [2.75, 3.05) is 0 Å². The second kappa shape index (κ2) is 5.70. The van der Waals surface area contributed by atoms with Gasteiger partial charge in [0, 0.05) is 22.0 Å². The summed E-state index contributed by atoms with van der Waals surface area (Å²) in [6.07, 6.45) is 0. The summed E-state index contributed by atoms with van der Waals surface area (Å²) < 4.78 is 1.69. The SMILES string of the molecule is O=[N+]([O-])c1ccccc1-c1nc2scc(-c3ccc(Cl)cc3)n2n1. The van der Waals surface area contributed by atoms with Crippen molar-refractivity contribution >= 4 is 33.6 Å². The topological polar surface area (TPSA) is 73.3 Å². The normalized spacial score (nSPS) is 11.0. The number of nitrogens with zero attached hydrogens (tertiary/aromatic N) is 4. The Bertz CT molecular complexity index is 1060. The van der Waals surface area contributed by atoms with Crippen LogP contribution in [0.5, 0.6) is 0 Å². The lowest BCUT2D eigenvalue weighted by molar-refractivity contribution is -0.384. The summed E-state index contributed by atoms with van der Waals surface area (Å²) in [5.41, 5.74) is 2.21. The second-order valence-electron chi connectivity index (χ2n) is 5.03. The Hall–Kier alpha value is -2.77. The number of hydrogen-bond acceptors (Lipinski definition) is 5. The molecular weight excluding hydrogens is 348 g/mol. The van der Waals surface area contributed by atoms with E-state index in [9.17, 15) is 10.1 Å². The molecule has 0 unspecified atom stereocenters. The van der Waals surface area contributed by atoms with Crippen LogP contribution in [0, 0.1) is 10.1 Å². The number of aromatic nitrogens is 3. The summed E-state index contributed by atoms with van der Waals surface area (Å²) in [6.45, 7) is 0. The molecule has 0 saturated carbocycles. The van der Waals surface area contributed by atoms with Gasteiger partial charge in [-0.05, 0) is 18.2 Å². The van der Waals surface area contributed by atoms with Crippen LogP contribution in [0.2, 0.25) is 5.02 Å². The molecule has 6 nitrogen and oxygen atoms in total. The van der Waals surface area contributed by atoms with Crippen LogP contribution in [0.15, 0.2) is 53.9 Å². The molecule has 0 saturated heterocycles. The number of fused-ring (bicyclic) bond motifs is 1. The summed E-state index contributed by atoms with van der Waals surface area (Å²) in [5.74, 6) is 0.337. The zero-order valence-electron chi connectivity index (χ0n) is 12.1. The van der Waals surface area contributed by atoms with E-state index < -0.39 is 4.92 Å². The molecule has 0 spiro atoms. The fourth-order valence-corrected chi connectivity index (χ4v) is 3.39. The van der Waals surface area contributed by atoms with Crippen LogP contribution in [0.1, 0.15) is 0 Å². The van der Waals surface area contributed by atoms with Gasteiger partial charge >= 0.3 is 0 Å². The van der Waals surface area contributed by atoms with Crippen molar-refractivity contribution in [3.63, 3.8) is 0 Å². The fourth-order valence-electron chi connectivity index (χ4n) is 2.44. The van der Waals surface area contributed by atoms with Crippen LogP contribution >= 0.6 is 22.9 Å². The maximum atomic E-state index is 11.2. The van der Waals surface area contributed by atoms with Gasteiger partial charge in [0.1, 0.15) is 0 Å². The van der Waals surface area contributed by atoms with Crippen molar-refractivity contribution < 1.29 is 4.92 Å². The molecule has 2 aromatic carbocycles. The molecule has 4 rings (SSSR count). The first-order valence-corrected chi connectivity index (χ1v) is 8.23. The van der Waals surface area contributed by atoms with Gasteiger partial charge in [0.15, 0.2) is 5.82 Å². The van der Waals surface area contributed by atoms with Gasteiger partial charge in [-0.25, -0.2) is 4.52 Å². The average Bonchev–Trinajstić information content (AvgIpc) is 3.16. The van der Waals surface area contributed by atoms with E-state index in [-0.39, 0.29) is 5.69 Å². The van der Waals surface area contributed by atoms with E-state index >= 15 is 0 Å². The monoisotopic (exact) mass is 356 g/mol. The lowest BCUT2D eigenvalue weighted by Crippen LogP contribution is -1.93. The van der Waals surface area contributed by atoms with Crippen molar-refractivity contribution in [1.82, 2.24) is 14.6 Å². The minimum atomic E-state index is -0.426. The van der Waals surface area contributed by atoms with E-state index in [0.29, 0.717) is 21.4 Å². The maximum Gasteiger partial charge on any atom is 0.280 e. The Balaban J connectivity index is 1.86. The first-order valence-electron chi connectivity index (χ1n) is 6.97. The Kier molecular flexibility index (Phi) is 3.51. The van der Waals surface area contributed by atoms with Crippen molar-refractivity contribution in [2.24, 2.45) is 0 Å². The lowest BCUT2D eigenvalue weighted by Gasteiger charge is -1.99. The number of halogens is 1. The minimum Gasteiger partial charge on any atom is -0.258 e. The molecule has 0 bridgehead atoms. The lowest BCUT2D eigenvalue weighted by atomic mass is 10.2. The quantitative estimate of drug-likeness (QED) is 0.394. The molecule has 0 fully saturated rings. The van der Waals surface area contributed by atoms with Crippen LogP contribution in [0.4, 0.5) is 5.69 Å². The van der Waals surface area contributed by atoms with Gasteiger partial charge in [-0.2, -0.15) is 4.98 Å². The highest BCUT2D eigenvalue weighted by Crippen LogP contribution is 2.31. The fraction of sp³-hybridized carbons (Fsp3) is 0. The molecule has 0 radical (unpaired) electrons. The van der Waals surface area contributed by atoms with Gasteiger partial charge in [0.2, 0.25) is 4.96 Å². The number of benzene rings is 2. The molecule has 0 N–H and O–H groups in total. The highest BCUT2D eigenvalue weighted by Gasteiger charge is 2.20. The first-order chi connectivity index (χ1) is 11.6. The molecule has 118 valence electrons. The standard InChI is InChI=1S/C16H9ClN4O2S/c17-11-7-5-10(6-8-11)14-9-24-16-18-15(19-20(14)16)12-3-1-2-4-13(12)21(22)23/h1-9H. The van der Waals surface area contributed by atoms with E-state index in [1.807, 2.05) is 17.5 Å². The van der Waals surface area contributed by atoms with Crippen LogP contribution < -0.4 is 0 Å². The predicted molar refractivity (Wildman–Crippen MR) is 93.4 cm³/mol. The van der Waals surface area contributed by atoms with E-state index in [0.717, 1.165) is 11.3 Å². The summed E-state index contributed by atoms with van der Waals surface area (Å²) in [5, 5.41) is 18.3. The molecule has 8 heteroatoms. The van der Waals surface area contributed by atoms with Gasteiger partial charge in [-0.3, -0.25) is 10.1 Å². The predicted octanol–water partition coefficient (Wildman–Crippen LogP) is 4.69. The largest absolute Gasteiger partial charge is 0.280 e. The Morgan fingerprint density at radius 2 is 1.88 bits per heavy atom. The number of nitro benzene ring substituents is 1. The third kappa shape index (κ3) is 2.44. The van der Waals surface area contributed by atoms with Crippen LogP contribution in [0.3, 0.4) is 0 Å². The van der Waals surface area contributed by atoms with Gasteiger partial charge in [0.05, 0.1) is 16.2 Å². The zero-order valence-corrected chi connectivity index (χ0v) is 13.7. The van der Waals surface area contributed by atoms with Gasteiger partial charge in [0.25, 0.3) is 5.69 Å². The highest BCUT2D eigenvalue weighted by molar-refractivity contribution is 7.15. The number of rotatable bonds is 3. The number of para-hydroxylation sites is 1. The van der Waals surface area contributed by atoms with Crippen molar-refractivity contribution in [2.45, 2.75) is 0 Å². The summed E-state index contributed by atoms with van der Waals surface area (Å²) in [7, 11) is 0. The molecule has 0 aliphatic heterocycles. The summed E-state index contributed by atoms with van der Waals surface area (Å²) in [6, 6.07) is 13.9. The third-order valence-corrected chi connectivity index (χ3v) is 4.63. The molecule has 2 heterocycles.